The van der Waals surface area contributed by atoms with Gasteiger partial charge in [-0.05, 0) is 51.7 Å². The zero-order valence-electron chi connectivity index (χ0n) is 13.3. The smallest absolute Gasteiger partial charge is 0.327 e. The highest BCUT2D eigenvalue weighted by Crippen LogP contribution is 2.43. The van der Waals surface area contributed by atoms with E-state index < -0.39 is 5.54 Å². The van der Waals surface area contributed by atoms with Crippen LogP contribution in [0.5, 0.6) is 0 Å². The average molecular weight is 307 g/mol. The number of carbonyl (C=O) groups is 1. The highest BCUT2D eigenvalue weighted by Gasteiger charge is 2.52. The molecule has 1 saturated carbocycles. The molecule has 0 amide bonds. The second kappa shape index (κ2) is 6.84. The summed E-state index contributed by atoms with van der Waals surface area (Å²) in [6, 6.07) is 8.70. The third kappa shape index (κ3) is 4.01. The number of benzene rings is 1. The Bertz CT molecular complexity index is 482. The van der Waals surface area contributed by atoms with Gasteiger partial charge in [0.05, 0.1) is 7.11 Å². The van der Waals surface area contributed by atoms with E-state index in [4.69, 9.17) is 4.74 Å². The van der Waals surface area contributed by atoms with Crippen molar-refractivity contribution >= 4 is 17.7 Å². The maximum Gasteiger partial charge on any atom is 0.327 e. The van der Waals surface area contributed by atoms with Gasteiger partial charge < -0.3 is 4.74 Å². The van der Waals surface area contributed by atoms with Gasteiger partial charge in [-0.25, -0.2) is 0 Å². The number of ether oxygens (including phenoxy) is 1. The Hall–Kier alpha value is -1.00. The van der Waals surface area contributed by atoms with E-state index >= 15 is 0 Å². The van der Waals surface area contributed by atoms with E-state index in [0.29, 0.717) is 11.7 Å². The summed E-state index contributed by atoms with van der Waals surface area (Å²) in [5.41, 5.74) is 0.694. The van der Waals surface area contributed by atoms with Crippen LogP contribution < -0.4 is 5.32 Å². The van der Waals surface area contributed by atoms with Crippen LogP contribution in [0.1, 0.15) is 32.3 Å². The zero-order chi connectivity index (χ0) is 15.5. The Labute approximate surface area is 131 Å². The van der Waals surface area contributed by atoms with Gasteiger partial charge in [0.1, 0.15) is 5.54 Å². The van der Waals surface area contributed by atoms with Crippen LogP contribution in [0.3, 0.4) is 0 Å². The van der Waals surface area contributed by atoms with Crippen LogP contribution in [0, 0.1) is 12.8 Å². The predicted octanol–water partition coefficient (Wildman–Crippen LogP) is 3.41. The lowest BCUT2D eigenvalue weighted by Gasteiger charge is -2.34. The van der Waals surface area contributed by atoms with Crippen molar-refractivity contribution in [2.45, 2.75) is 50.1 Å². The number of esters is 1. The van der Waals surface area contributed by atoms with Crippen molar-refractivity contribution in [3.05, 3.63) is 29.8 Å². The summed E-state index contributed by atoms with van der Waals surface area (Å²) in [7, 11) is 1.48. The summed E-state index contributed by atoms with van der Waals surface area (Å²) in [5, 5.41) is 3.49. The molecule has 0 aliphatic heterocycles. The molecule has 1 atom stereocenters. The first-order chi connectivity index (χ1) is 9.98. The summed E-state index contributed by atoms with van der Waals surface area (Å²) in [4.78, 5) is 13.6. The largest absolute Gasteiger partial charge is 0.468 e. The number of rotatable bonds is 7. The van der Waals surface area contributed by atoms with Crippen LogP contribution in [-0.2, 0) is 9.53 Å². The normalized spacial score (nSPS) is 17.6. The summed E-state index contributed by atoms with van der Waals surface area (Å²) in [5.74, 6) is 0.981. The van der Waals surface area contributed by atoms with Crippen LogP contribution in [0.4, 0.5) is 0 Å². The molecule has 3 nitrogen and oxygen atoms in total. The van der Waals surface area contributed by atoms with Gasteiger partial charge in [0.25, 0.3) is 0 Å². The first-order valence-corrected chi connectivity index (χ1v) is 8.52. The number of hydrogen-bond acceptors (Lipinski definition) is 4. The summed E-state index contributed by atoms with van der Waals surface area (Å²) in [6.07, 6.45) is 2.20. The van der Waals surface area contributed by atoms with Gasteiger partial charge in [-0.2, -0.15) is 0 Å². The number of hydrogen-bond donors (Lipinski definition) is 1. The number of carbonyl (C=O) groups excluding carboxylic acids is 1. The molecule has 0 spiro atoms. The zero-order valence-corrected chi connectivity index (χ0v) is 14.1. The molecule has 0 heterocycles. The van der Waals surface area contributed by atoms with E-state index in [1.54, 1.807) is 11.8 Å². The SMILES string of the molecule is COC(=O)C(CSc1ccc(C)cc1)(NC(C)C)C1CC1. The number of aryl methyl sites for hydroxylation is 1. The van der Waals surface area contributed by atoms with Crippen LogP contribution in [0.25, 0.3) is 0 Å². The molecule has 0 radical (unpaired) electrons. The van der Waals surface area contributed by atoms with Crippen LogP contribution >= 0.6 is 11.8 Å². The Kier molecular flexibility index (Phi) is 5.33. The minimum Gasteiger partial charge on any atom is -0.468 e. The molecule has 1 unspecified atom stereocenters. The molecule has 21 heavy (non-hydrogen) atoms. The predicted molar refractivity (Wildman–Crippen MR) is 87.6 cm³/mol. The van der Waals surface area contributed by atoms with E-state index in [0.717, 1.165) is 12.8 Å². The average Bonchev–Trinajstić information content (AvgIpc) is 3.28. The molecule has 0 bridgehead atoms. The molecule has 0 saturated heterocycles. The quantitative estimate of drug-likeness (QED) is 0.619. The third-order valence-corrected chi connectivity index (χ3v) is 5.06. The topological polar surface area (TPSA) is 38.3 Å². The van der Waals surface area contributed by atoms with Crippen molar-refractivity contribution in [3.63, 3.8) is 0 Å². The van der Waals surface area contributed by atoms with Gasteiger partial charge in [0.15, 0.2) is 0 Å². The van der Waals surface area contributed by atoms with Crippen molar-refractivity contribution in [2.75, 3.05) is 12.9 Å². The number of thioether (sulfide) groups is 1. The van der Waals surface area contributed by atoms with Crippen molar-refractivity contribution < 1.29 is 9.53 Å². The molecule has 2 rings (SSSR count). The minimum absolute atomic E-state index is 0.127. The standard InChI is InChI=1S/C17H25NO2S/c1-12(2)18-17(14-7-8-14,16(19)20-4)11-21-15-9-5-13(3)6-10-15/h5-6,9-10,12,14,18H,7-8,11H2,1-4H3. The van der Waals surface area contributed by atoms with E-state index in [1.807, 2.05) is 0 Å². The van der Waals surface area contributed by atoms with E-state index in [1.165, 1.54) is 17.6 Å². The summed E-state index contributed by atoms with van der Waals surface area (Å²) < 4.78 is 5.11. The molecule has 1 fully saturated rings. The van der Waals surface area contributed by atoms with Crippen molar-refractivity contribution in [1.29, 1.82) is 0 Å². The van der Waals surface area contributed by atoms with Crippen molar-refractivity contribution in [1.82, 2.24) is 5.32 Å². The lowest BCUT2D eigenvalue weighted by molar-refractivity contribution is -0.148. The Morgan fingerprint density at radius 3 is 2.48 bits per heavy atom. The highest BCUT2D eigenvalue weighted by atomic mass is 32.2. The maximum atomic E-state index is 12.4. The van der Waals surface area contributed by atoms with Gasteiger partial charge in [0, 0.05) is 16.7 Å². The molecule has 116 valence electrons. The van der Waals surface area contributed by atoms with Crippen LogP contribution in [0.2, 0.25) is 0 Å². The third-order valence-electron chi connectivity index (χ3n) is 3.86. The molecule has 1 aromatic carbocycles. The molecular formula is C17H25NO2S. The van der Waals surface area contributed by atoms with E-state index in [9.17, 15) is 4.79 Å². The second-order valence-corrected chi connectivity index (χ2v) is 7.19. The van der Waals surface area contributed by atoms with E-state index in [-0.39, 0.29) is 12.0 Å². The Balaban J connectivity index is 2.14. The van der Waals surface area contributed by atoms with E-state index in [2.05, 4.69) is 50.4 Å². The van der Waals surface area contributed by atoms with Gasteiger partial charge in [-0.3, -0.25) is 10.1 Å². The first kappa shape index (κ1) is 16.4. The maximum absolute atomic E-state index is 12.4. The summed E-state index contributed by atoms with van der Waals surface area (Å²) >= 11 is 1.73. The van der Waals surface area contributed by atoms with Gasteiger partial charge in [0.2, 0.25) is 0 Å². The molecule has 0 aromatic heterocycles. The van der Waals surface area contributed by atoms with Gasteiger partial charge in [-0.15, -0.1) is 11.8 Å². The Morgan fingerprint density at radius 2 is 2.00 bits per heavy atom. The molecule has 1 N–H and O–H groups in total. The lowest BCUT2D eigenvalue weighted by atomic mass is 9.94. The monoisotopic (exact) mass is 307 g/mol. The summed E-state index contributed by atoms with van der Waals surface area (Å²) in [6.45, 7) is 6.24. The number of methoxy groups -OCH3 is 1. The van der Waals surface area contributed by atoms with Gasteiger partial charge >= 0.3 is 5.97 Å². The lowest BCUT2D eigenvalue weighted by Crippen LogP contribution is -2.59. The number of nitrogens with one attached hydrogen (secondary N) is 1. The fraction of sp³-hybridized carbons (Fsp3) is 0.588. The van der Waals surface area contributed by atoms with Crippen LogP contribution in [-0.4, -0.2) is 30.4 Å². The molecule has 1 aliphatic rings. The van der Waals surface area contributed by atoms with Crippen molar-refractivity contribution in [2.24, 2.45) is 5.92 Å². The second-order valence-electron chi connectivity index (χ2n) is 6.14. The minimum atomic E-state index is -0.557. The fourth-order valence-corrected chi connectivity index (χ4v) is 3.83. The molecule has 1 aliphatic carbocycles. The molecular weight excluding hydrogens is 282 g/mol. The molecule has 1 aromatic rings. The van der Waals surface area contributed by atoms with Gasteiger partial charge in [-0.1, -0.05) is 17.7 Å². The Morgan fingerprint density at radius 1 is 1.38 bits per heavy atom. The first-order valence-electron chi connectivity index (χ1n) is 7.53. The molecule has 4 heteroatoms. The van der Waals surface area contributed by atoms with Crippen LogP contribution in [0.15, 0.2) is 29.2 Å². The fourth-order valence-electron chi connectivity index (χ4n) is 2.67. The van der Waals surface area contributed by atoms with Crippen molar-refractivity contribution in [3.8, 4) is 0 Å². The highest BCUT2D eigenvalue weighted by molar-refractivity contribution is 7.99.